The summed E-state index contributed by atoms with van der Waals surface area (Å²) in [5, 5.41) is 0. The standard InChI is InChI=1S/C31H39F2N3O7/c1-17-23(15-37)36-14-24(17)42-27-26(34-21-8-7-19(40-6)11-22(21)35-27)31(32,33)16-41-10-9-18-13-30(18,5)43-25(38)12-20(28(36)39)29(2,3)4/h7-8,11,15,17-18,20,23-24H,9-10,12-14,16H2,1-6H3/t17-,18+,20+,23+,24-,30+/m0/s1. The van der Waals surface area contributed by atoms with E-state index in [9.17, 15) is 14.4 Å². The number of carbonyl (C=O) groups is 3. The molecular weight excluding hydrogens is 564 g/mol. The van der Waals surface area contributed by atoms with Gasteiger partial charge < -0.3 is 28.6 Å². The van der Waals surface area contributed by atoms with Gasteiger partial charge in [-0.25, -0.2) is 9.97 Å². The third-order valence-corrected chi connectivity index (χ3v) is 9.04. The van der Waals surface area contributed by atoms with E-state index in [4.69, 9.17) is 18.9 Å². The van der Waals surface area contributed by atoms with Crippen LogP contribution in [0.4, 0.5) is 8.78 Å². The van der Waals surface area contributed by atoms with Gasteiger partial charge in [0.2, 0.25) is 11.8 Å². The third kappa shape index (κ3) is 6.16. The summed E-state index contributed by atoms with van der Waals surface area (Å²) < 4.78 is 54.1. The zero-order chi connectivity index (χ0) is 31.3. The molecule has 12 heteroatoms. The van der Waals surface area contributed by atoms with Crippen molar-refractivity contribution in [3.8, 4) is 11.6 Å². The number of alkyl halides is 2. The van der Waals surface area contributed by atoms with Crippen LogP contribution in [0, 0.1) is 23.2 Å². The molecule has 1 aromatic carbocycles. The van der Waals surface area contributed by atoms with Crippen molar-refractivity contribution in [2.24, 2.45) is 23.2 Å². The Hall–Kier alpha value is -3.41. The van der Waals surface area contributed by atoms with Crippen molar-refractivity contribution in [3.05, 3.63) is 23.9 Å². The Kier molecular flexibility index (Phi) is 8.12. The SMILES string of the molecule is COc1ccc2nc3c(nc2c1)O[C@H]1CN(C(=O)[C@H](C(C)(C)C)CC(=O)O[C@]2(C)C[C@H]2CCOCC3(F)F)[C@H](C=O)[C@@H]1C. The zero-order valence-corrected chi connectivity index (χ0v) is 25.4. The van der Waals surface area contributed by atoms with Crippen molar-refractivity contribution in [2.75, 3.05) is 26.9 Å². The van der Waals surface area contributed by atoms with E-state index in [1.807, 2.05) is 20.8 Å². The van der Waals surface area contributed by atoms with Crippen LogP contribution in [-0.2, 0) is 29.8 Å². The van der Waals surface area contributed by atoms with Crippen LogP contribution in [0.2, 0.25) is 0 Å². The van der Waals surface area contributed by atoms with Gasteiger partial charge in [0.05, 0.1) is 43.1 Å². The Labute approximate surface area is 249 Å². The number of aromatic nitrogens is 2. The minimum Gasteiger partial charge on any atom is -0.497 e. The monoisotopic (exact) mass is 603 g/mol. The Balaban J connectivity index is 1.56. The minimum atomic E-state index is -3.57. The molecule has 1 amide bonds. The second kappa shape index (κ2) is 11.3. The largest absolute Gasteiger partial charge is 0.497 e. The van der Waals surface area contributed by atoms with Crippen molar-refractivity contribution < 1.29 is 42.1 Å². The van der Waals surface area contributed by atoms with Crippen LogP contribution in [0.25, 0.3) is 11.0 Å². The minimum absolute atomic E-state index is 0.0283. The number of ether oxygens (including phenoxy) is 4. The van der Waals surface area contributed by atoms with Gasteiger partial charge in [-0.1, -0.05) is 27.7 Å². The number of halogens is 2. The van der Waals surface area contributed by atoms with Gasteiger partial charge >= 0.3 is 11.9 Å². The molecule has 0 unspecified atom stereocenters. The number of amides is 1. The predicted molar refractivity (Wildman–Crippen MR) is 151 cm³/mol. The Morgan fingerprint density at radius 3 is 2.58 bits per heavy atom. The van der Waals surface area contributed by atoms with Crippen molar-refractivity contribution >= 4 is 29.2 Å². The topological polar surface area (TPSA) is 117 Å². The summed E-state index contributed by atoms with van der Waals surface area (Å²) in [6.45, 7) is 8.07. The summed E-state index contributed by atoms with van der Waals surface area (Å²) in [4.78, 5) is 49.4. The predicted octanol–water partition coefficient (Wildman–Crippen LogP) is 4.32. The molecule has 234 valence electrons. The first-order chi connectivity index (χ1) is 20.2. The van der Waals surface area contributed by atoms with Gasteiger partial charge in [0.15, 0.2) is 5.69 Å². The molecule has 0 N–H and O–H groups in total. The van der Waals surface area contributed by atoms with E-state index >= 15 is 8.78 Å². The van der Waals surface area contributed by atoms with Crippen molar-refractivity contribution in [3.63, 3.8) is 0 Å². The number of hydrogen-bond donors (Lipinski definition) is 0. The summed E-state index contributed by atoms with van der Waals surface area (Å²) in [7, 11) is 1.48. The highest BCUT2D eigenvalue weighted by Crippen LogP contribution is 2.49. The van der Waals surface area contributed by atoms with Crippen LogP contribution >= 0.6 is 0 Å². The van der Waals surface area contributed by atoms with Gasteiger partial charge in [0.25, 0.3) is 0 Å². The summed E-state index contributed by atoms with van der Waals surface area (Å²) in [6.07, 6.45) is 0.634. The summed E-state index contributed by atoms with van der Waals surface area (Å²) in [6, 6.07) is 3.80. The molecule has 0 spiro atoms. The molecule has 2 bridgehead atoms. The lowest BCUT2D eigenvalue weighted by molar-refractivity contribution is -0.158. The Morgan fingerprint density at radius 2 is 1.91 bits per heavy atom. The van der Waals surface area contributed by atoms with Crippen LogP contribution in [0.3, 0.4) is 0 Å². The maximum Gasteiger partial charge on any atom is 0.317 e. The van der Waals surface area contributed by atoms with E-state index in [-0.39, 0.29) is 36.5 Å². The highest BCUT2D eigenvalue weighted by atomic mass is 19.3. The van der Waals surface area contributed by atoms with Gasteiger partial charge in [-0.2, -0.15) is 8.78 Å². The number of fused-ring (bicyclic) bond motifs is 5. The summed E-state index contributed by atoms with van der Waals surface area (Å²) >= 11 is 0. The van der Waals surface area contributed by atoms with Gasteiger partial charge in [-0.15, -0.1) is 0 Å². The third-order valence-electron chi connectivity index (χ3n) is 9.04. The number of hydrogen-bond acceptors (Lipinski definition) is 9. The molecule has 5 rings (SSSR count). The highest BCUT2D eigenvalue weighted by molar-refractivity contribution is 5.87. The lowest BCUT2D eigenvalue weighted by Gasteiger charge is -2.34. The van der Waals surface area contributed by atoms with Crippen LogP contribution in [-0.4, -0.2) is 77.6 Å². The van der Waals surface area contributed by atoms with Gasteiger partial charge in [0.1, 0.15) is 30.3 Å². The van der Waals surface area contributed by atoms with Gasteiger partial charge in [-0.05, 0) is 37.3 Å². The maximum absolute atomic E-state index is 15.7. The van der Waals surface area contributed by atoms with E-state index in [2.05, 4.69) is 9.97 Å². The number of benzene rings is 1. The molecule has 2 fully saturated rings. The molecule has 6 atom stereocenters. The number of aldehydes is 1. The number of carbonyl (C=O) groups excluding carboxylic acids is 3. The molecule has 1 saturated carbocycles. The lowest BCUT2D eigenvalue weighted by Crippen LogP contribution is -2.46. The summed E-state index contributed by atoms with van der Waals surface area (Å²) in [5.41, 5.74) is -1.58. The van der Waals surface area contributed by atoms with Gasteiger partial charge in [-0.3, -0.25) is 9.59 Å². The van der Waals surface area contributed by atoms with E-state index in [0.29, 0.717) is 24.9 Å². The lowest BCUT2D eigenvalue weighted by atomic mass is 9.77. The second-order valence-corrected chi connectivity index (χ2v) is 13.2. The van der Waals surface area contributed by atoms with E-state index in [1.165, 1.54) is 18.1 Å². The van der Waals surface area contributed by atoms with Crippen LogP contribution in [0.1, 0.15) is 59.6 Å². The molecular formula is C31H39F2N3O7. The molecule has 43 heavy (non-hydrogen) atoms. The average Bonchev–Trinajstić information content (AvgIpc) is 3.46. The summed E-state index contributed by atoms with van der Waals surface area (Å²) in [5.74, 6) is -5.83. The fourth-order valence-corrected chi connectivity index (χ4v) is 6.06. The molecule has 0 radical (unpaired) electrons. The van der Waals surface area contributed by atoms with Gasteiger partial charge in [0, 0.05) is 24.5 Å². The molecule has 1 aromatic heterocycles. The zero-order valence-electron chi connectivity index (χ0n) is 25.4. The second-order valence-electron chi connectivity index (χ2n) is 13.2. The number of esters is 1. The number of rotatable bonds is 2. The molecule has 1 saturated heterocycles. The molecule has 1 aliphatic carbocycles. The smallest absolute Gasteiger partial charge is 0.317 e. The first-order valence-electron chi connectivity index (χ1n) is 14.6. The van der Waals surface area contributed by atoms with Crippen LogP contribution in [0.5, 0.6) is 11.6 Å². The molecule has 3 aliphatic rings. The quantitative estimate of drug-likeness (QED) is 0.366. The normalized spacial score (nSPS) is 31.6. The average molecular weight is 604 g/mol. The molecule has 2 aliphatic heterocycles. The fraction of sp³-hybridized carbons (Fsp3) is 0.645. The first kappa shape index (κ1) is 31.0. The fourth-order valence-electron chi connectivity index (χ4n) is 6.06. The maximum atomic E-state index is 15.7. The number of methoxy groups -OCH3 is 1. The number of nitrogens with zero attached hydrogens (tertiary/aromatic N) is 3. The van der Waals surface area contributed by atoms with Crippen molar-refractivity contribution in [1.29, 1.82) is 0 Å². The highest BCUT2D eigenvalue weighted by Gasteiger charge is 2.54. The van der Waals surface area contributed by atoms with Crippen molar-refractivity contribution in [1.82, 2.24) is 14.9 Å². The Bertz CT molecular complexity index is 1410. The van der Waals surface area contributed by atoms with Crippen LogP contribution in [0.15, 0.2) is 18.2 Å². The Morgan fingerprint density at radius 1 is 1.16 bits per heavy atom. The molecule has 2 aromatic rings. The van der Waals surface area contributed by atoms with E-state index in [0.717, 1.165) is 0 Å². The molecule has 10 nitrogen and oxygen atoms in total. The van der Waals surface area contributed by atoms with E-state index in [1.54, 1.807) is 26.0 Å². The first-order valence-corrected chi connectivity index (χ1v) is 14.6. The van der Waals surface area contributed by atoms with E-state index < -0.39 is 71.0 Å². The van der Waals surface area contributed by atoms with Crippen LogP contribution < -0.4 is 9.47 Å². The molecule has 3 heterocycles. The van der Waals surface area contributed by atoms with Crippen molar-refractivity contribution in [2.45, 2.75) is 77.6 Å².